The third-order valence-electron chi connectivity index (χ3n) is 6.06. The van der Waals surface area contributed by atoms with Gasteiger partial charge in [0.05, 0.1) is 16.7 Å². The Morgan fingerprint density at radius 3 is 2.84 bits per heavy atom. The average molecular weight is 430 g/mol. The fraction of sp³-hybridized carbons (Fsp3) is 0.320. The molecule has 2 aromatic heterocycles. The molecule has 3 heterocycles. The van der Waals surface area contributed by atoms with Crippen LogP contribution in [0.1, 0.15) is 35.4 Å². The number of aromatic nitrogens is 4. The highest BCUT2D eigenvalue weighted by Crippen LogP contribution is 2.26. The normalized spacial score (nSPS) is 13.2. The van der Waals surface area contributed by atoms with E-state index in [0.29, 0.717) is 5.82 Å². The molecule has 7 nitrogen and oxygen atoms in total. The van der Waals surface area contributed by atoms with E-state index >= 15 is 0 Å². The maximum Gasteiger partial charge on any atom is 0.413 e. The Morgan fingerprint density at radius 1 is 1.12 bits per heavy atom. The van der Waals surface area contributed by atoms with Crippen molar-refractivity contribution in [1.82, 2.24) is 19.3 Å². The van der Waals surface area contributed by atoms with Gasteiger partial charge in [-0.05, 0) is 49.9 Å². The number of hydrogen-bond acceptors (Lipinski definition) is 4. The van der Waals surface area contributed by atoms with Gasteiger partial charge in [0.2, 0.25) is 0 Å². The summed E-state index contributed by atoms with van der Waals surface area (Å²) in [6, 6.07) is 14.2. The van der Waals surface area contributed by atoms with Crippen molar-refractivity contribution in [3.8, 4) is 11.3 Å². The summed E-state index contributed by atoms with van der Waals surface area (Å²) in [6.07, 6.45) is 2.91. The minimum atomic E-state index is -0.510. The van der Waals surface area contributed by atoms with Gasteiger partial charge in [-0.25, -0.2) is 9.78 Å². The second-order valence-electron chi connectivity index (χ2n) is 8.52. The van der Waals surface area contributed by atoms with Crippen LogP contribution in [0.5, 0.6) is 0 Å². The van der Waals surface area contributed by atoms with Crippen LogP contribution in [0.4, 0.5) is 10.6 Å². The van der Waals surface area contributed by atoms with Crippen LogP contribution in [-0.4, -0.2) is 25.4 Å². The van der Waals surface area contributed by atoms with Crippen molar-refractivity contribution in [3.05, 3.63) is 65.0 Å². The van der Waals surface area contributed by atoms with Crippen LogP contribution in [0, 0.1) is 13.8 Å². The number of fused-ring (bicyclic) bond motifs is 3. The van der Waals surface area contributed by atoms with Gasteiger partial charge in [-0.3, -0.25) is 10.00 Å². The van der Waals surface area contributed by atoms with Crippen molar-refractivity contribution in [2.75, 3.05) is 5.32 Å². The number of nitrogens with one attached hydrogen (secondary N) is 1. The summed E-state index contributed by atoms with van der Waals surface area (Å²) in [6.45, 7) is 5.34. The molecular weight excluding hydrogens is 402 g/mol. The molecule has 0 saturated carbocycles. The number of carbonyl (C=O) groups is 1. The van der Waals surface area contributed by atoms with Crippen LogP contribution in [0.3, 0.4) is 0 Å². The highest BCUT2D eigenvalue weighted by Gasteiger charge is 2.16. The molecule has 2 aromatic carbocycles. The zero-order valence-electron chi connectivity index (χ0n) is 18.7. The minimum absolute atomic E-state index is 0.186. The monoisotopic (exact) mass is 429 g/mol. The average Bonchev–Trinajstić information content (AvgIpc) is 3.32. The summed E-state index contributed by atoms with van der Waals surface area (Å²) >= 11 is 0. The van der Waals surface area contributed by atoms with Crippen LogP contribution >= 0.6 is 0 Å². The van der Waals surface area contributed by atoms with E-state index in [-0.39, 0.29) is 6.61 Å². The molecule has 0 unspecified atom stereocenters. The molecule has 1 N–H and O–H groups in total. The number of aryl methyl sites for hydroxylation is 5. The van der Waals surface area contributed by atoms with Gasteiger partial charge in [0.1, 0.15) is 18.2 Å². The molecule has 1 aliphatic heterocycles. The predicted octanol–water partition coefficient (Wildman–Crippen LogP) is 5.14. The first-order chi connectivity index (χ1) is 15.5. The maximum absolute atomic E-state index is 12.4. The quantitative estimate of drug-likeness (QED) is 0.488. The largest absolute Gasteiger partial charge is 0.444 e. The van der Waals surface area contributed by atoms with Crippen LogP contribution in [0.25, 0.3) is 22.3 Å². The number of benzene rings is 2. The van der Waals surface area contributed by atoms with Crippen molar-refractivity contribution in [3.63, 3.8) is 0 Å². The fourth-order valence-electron chi connectivity index (χ4n) is 4.41. The number of amides is 1. The molecule has 0 saturated heterocycles. The smallest absolute Gasteiger partial charge is 0.413 e. The topological polar surface area (TPSA) is 74.0 Å². The van der Waals surface area contributed by atoms with E-state index in [1.165, 1.54) is 18.4 Å². The fourth-order valence-corrected chi connectivity index (χ4v) is 4.41. The molecule has 0 atom stereocenters. The van der Waals surface area contributed by atoms with E-state index in [2.05, 4.69) is 53.1 Å². The second-order valence-corrected chi connectivity index (χ2v) is 8.52. The Hall–Kier alpha value is -3.61. The van der Waals surface area contributed by atoms with Crippen LogP contribution in [0.15, 0.2) is 42.5 Å². The molecular formula is C25H27N5O2. The van der Waals surface area contributed by atoms with Crippen LogP contribution < -0.4 is 5.32 Å². The van der Waals surface area contributed by atoms with Gasteiger partial charge in [-0.15, -0.1) is 0 Å². The lowest BCUT2D eigenvalue weighted by Gasteiger charge is -2.13. The highest BCUT2D eigenvalue weighted by molar-refractivity contribution is 5.85. The first kappa shape index (κ1) is 20.3. The third kappa shape index (κ3) is 3.86. The van der Waals surface area contributed by atoms with Gasteiger partial charge in [-0.2, -0.15) is 5.10 Å². The van der Waals surface area contributed by atoms with Gasteiger partial charge in [0.15, 0.2) is 0 Å². The van der Waals surface area contributed by atoms with Crippen LogP contribution in [0.2, 0.25) is 0 Å². The number of rotatable bonds is 4. The number of carbonyl (C=O) groups excluding carboxylic acids is 1. The molecule has 0 aliphatic carbocycles. The summed E-state index contributed by atoms with van der Waals surface area (Å²) in [4.78, 5) is 17.2. The molecule has 0 radical (unpaired) electrons. The van der Waals surface area contributed by atoms with Gasteiger partial charge >= 0.3 is 6.09 Å². The Labute approximate surface area is 187 Å². The first-order valence-electron chi connectivity index (χ1n) is 11.0. The van der Waals surface area contributed by atoms with E-state index in [0.717, 1.165) is 52.2 Å². The van der Waals surface area contributed by atoms with Crippen molar-refractivity contribution < 1.29 is 9.53 Å². The lowest BCUT2D eigenvalue weighted by atomic mass is 10.0. The SMILES string of the molecule is Cc1ccc(-c2cc(NC(=O)OCc3ccc4c(c3)nc3n4CCCC3)n(C)n2)c(C)c1. The van der Waals surface area contributed by atoms with Crippen molar-refractivity contribution >= 4 is 22.9 Å². The van der Waals surface area contributed by atoms with Crippen molar-refractivity contribution in [1.29, 1.82) is 0 Å². The Morgan fingerprint density at radius 2 is 2.00 bits per heavy atom. The number of nitrogens with zero attached hydrogens (tertiary/aromatic N) is 4. The number of hydrogen-bond donors (Lipinski definition) is 1. The molecule has 4 aromatic rings. The third-order valence-corrected chi connectivity index (χ3v) is 6.06. The van der Waals surface area contributed by atoms with Gasteiger partial charge < -0.3 is 9.30 Å². The molecule has 7 heteroatoms. The van der Waals surface area contributed by atoms with Gasteiger partial charge in [0.25, 0.3) is 0 Å². The van der Waals surface area contributed by atoms with Crippen LogP contribution in [-0.2, 0) is 31.4 Å². The zero-order valence-corrected chi connectivity index (χ0v) is 18.7. The molecule has 0 fully saturated rings. The molecule has 5 rings (SSSR count). The molecule has 164 valence electrons. The lowest BCUT2D eigenvalue weighted by molar-refractivity contribution is 0.155. The van der Waals surface area contributed by atoms with E-state index < -0.39 is 6.09 Å². The van der Waals surface area contributed by atoms with Crippen molar-refractivity contribution in [2.45, 2.75) is 46.3 Å². The minimum Gasteiger partial charge on any atom is -0.444 e. The Bertz CT molecular complexity index is 1320. The van der Waals surface area contributed by atoms with Gasteiger partial charge in [-0.1, -0.05) is 29.8 Å². The maximum atomic E-state index is 12.4. The van der Waals surface area contributed by atoms with E-state index in [4.69, 9.17) is 9.72 Å². The Kier molecular flexibility index (Phi) is 5.17. The summed E-state index contributed by atoms with van der Waals surface area (Å²) in [5.41, 5.74) is 7.25. The first-order valence-corrected chi connectivity index (χ1v) is 11.0. The standard InChI is InChI=1S/C25H27N5O2/c1-16-7-9-19(17(2)12-16)20-14-24(29(3)28-20)27-25(31)32-15-18-8-10-22-21(13-18)26-23-6-4-5-11-30(22)23/h7-10,12-14H,4-6,11,15H2,1-3H3,(H,27,31). The molecule has 0 bridgehead atoms. The van der Waals surface area contributed by atoms with Gasteiger partial charge in [0, 0.05) is 31.6 Å². The van der Waals surface area contributed by atoms with E-state index in [9.17, 15) is 4.79 Å². The summed E-state index contributed by atoms with van der Waals surface area (Å²) in [5.74, 6) is 1.74. The molecule has 0 spiro atoms. The summed E-state index contributed by atoms with van der Waals surface area (Å²) < 4.78 is 9.41. The zero-order chi connectivity index (χ0) is 22.2. The second kappa shape index (κ2) is 8.15. The summed E-state index contributed by atoms with van der Waals surface area (Å²) in [7, 11) is 1.80. The Balaban J connectivity index is 1.26. The molecule has 32 heavy (non-hydrogen) atoms. The highest BCUT2D eigenvalue weighted by atomic mass is 16.5. The molecule has 1 amide bonds. The molecule has 1 aliphatic rings. The number of ether oxygens (including phenoxy) is 1. The number of anilines is 1. The van der Waals surface area contributed by atoms with E-state index in [1.54, 1.807) is 11.7 Å². The summed E-state index contributed by atoms with van der Waals surface area (Å²) in [5, 5.41) is 7.34. The van der Waals surface area contributed by atoms with E-state index in [1.807, 2.05) is 18.2 Å². The number of imidazole rings is 1. The predicted molar refractivity (Wildman–Crippen MR) is 125 cm³/mol. The lowest BCUT2D eigenvalue weighted by Crippen LogP contribution is -2.15. The van der Waals surface area contributed by atoms with Crippen molar-refractivity contribution in [2.24, 2.45) is 7.05 Å².